The van der Waals surface area contributed by atoms with Crippen molar-refractivity contribution in [2.75, 3.05) is 32.8 Å². The minimum absolute atomic E-state index is 0.270. The van der Waals surface area contributed by atoms with Crippen LogP contribution in [-0.4, -0.2) is 48.8 Å². The number of pyridine rings is 1. The second kappa shape index (κ2) is 6.83. The predicted octanol–water partition coefficient (Wildman–Crippen LogP) is 1.45. The van der Waals surface area contributed by atoms with Crippen molar-refractivity contribution in [3.8, 4) is 0 Å². The van der Waals surface area contributed by atoms with Crippen LogP contribution in [0.1, 0.15) is 25.6 Å². The Labute approximate surface area is 109 Å². The van der Waals surface area contributed by atoms with Gasteiger partial charge in [-0.05, 0) is 25.6 Å². The molecule has 1 aromatic heterocycles. The van der Waals surface area contributed by atoms with Crippen LogP contribution in [0.25, 0.3) is 0 Å². The van der Waals surface area contributed by atoms with Gasteiger partial charge in [0.15, 0.2) is 0 Å². The molecule has 4 heteroatoms. The van der Waals surface area contributed by atoms with Gasteiger partial charge in [-0.25, -0.2) is 0 Å². The summed E-state index contributed by atoms with van der Waals surface area (Å²) in [6, 6.07) is 6.29. The van der Waals surface area contributed by atoms with E-state index >= 15 is 0 Å². The molecule has 0 aliphatic carbocycles. The molecule has 0 saturated carbocycles. The molecule has 100 valence electrons. The number of rotatable bonds is 5. The second-order valence-corrected chi connectivity index (χ2v) is 4.77. The highest BCUT2D eigenvalue weighted by Crippen LogP contribution is 2.09. The van der Waals surface area contributed by atoms with Crippen molar-refractivity contribution in [1.82, 2.24) is 15.2 Å². The van der Waals surface area contributed by atoms with Gasteiger partial charge in [-0.2, -0.15) is 0 Å². The van der Waals surface area contributed by atoms with E-state index in [1.165, 1.54) is 0 Å². The van der Waals surface area contributed by atoms with Crippen molar-refractivity contribution in [2.45, 2.75) is 26.0 Å². The van der Waals surface area contributed by atoms with Crippen LogP contribution in [0, 0.1) is 0 Å². The smallest absolute Gasteiger partial charge is 0.0826 e. The standard InChI is InChI=1S/C14H23N3O/c1-3-17-8-9-18-13(11-17)10-16-12(2)14-6-4-5-7-15-14/h4-7,12-13,16H,3,8-11H2,1-2H3. The Morgan fingerprint density at radius 2 is 2.44 bits per heavy atom. The summed E-state index contributed by atoms with van der Waals surface area (Å²) >= 11 is 0. The second-order valence-electron chi connectivity index (χ2n) is 4.77. The Balaban J connectivity index is 1.77. The van der Waals surface area contributed by atoms with Gasteiger partial charge in [-0.3, -0.25) is 9.88 Å². The lowest BCUT2D eigenvalue weighted by Crippen LogP contribution is -2.46. The molecule has 2 heterocycles. The maximum atomic E-state index is 5.77. The van der Waals surface area contributed by atoms with Crippen LogP contribution in [0.3, 0.4) is 0 Å². The Hall–Kier alpha value is -0.970. The monoisotopic (exact) mass is 249 g/mol. The van der Waals surface area contributed by atoms with Gasteiger partial charge in [0.25, 0.3) is 0 Å². The highest BCUT2D eigenvalue weighted by atomic mass is 16.5. The average molecular weight is 249 g/mol. The van der Waals surface area contributed by atoms with Crippen molar-refractivity contribution in [3.05, 3.63) is 30.1 Å². The van der Waals surface area contributed by atoms with E-state index in [0.717, 1.165) is 38.5 Å². The third-order valence-electron chi connectivity index (χ3n) is 3.45. The fourth-order valence-electron chi connectivity index (χ4n) is 2.24. The summed E-state index contributed by atoms with van der Waals surface area (Å²) < 4.78 is 5.77. The van der Waals surface area contributed by atoms with E-state index in [1.807, 2.05) is 18.3 Å². The number of morpholine rings is 1. The molecule has 0 aromatic carbocycles. The van der Waals surface area contributed by atoms with Gasteiger partial charge in [0.05, 0.1) is 18.4 Å². The summed E-state index contributed by atoms with van der Waals surface area (Å²) in [4.78, 5) is 6.79. The van der Waals surface area contributed by atoms with Gasteiger partial charge < -0.3 is 10.1 Å². The first-order valence-electron chi connectivity index (χ1n) is 6.78. The molecule has 1 aliphatic rings. The highest BCUT2D eigenvalue weighted by Gasteiger charge is 2.19. The summed E-state index contributed by atoms with van der Waals surface area (Å²) in [7, 11) is 0. The van der Waals surface area contributed by atoms with Crippen LogP contribution >= 0.6 is 0 Å². The molecule has 1 aliphatic heterocycles. The lowest BCUT2D eigenvalue weighted by atomic mass is 10.2. The summed E-state index contributed by atoms with van der Waals surface area (Å²) in [5, 5.41) is 3.50. The van der Waals surface area contributed by atoms with Gasteiger partial charge in [0.2, 0.25) is 0 Å². The van der Waals surface area contributed by atoms with E-state index in [-0.39, 0.29) is 6.04 Å². The van der Waals surface area contributed by atoms with Gasteiger partial charge in [-0.15, -0.1) is 0 Å². The molecule has 1 saturated heterocycles. The molecule has 1 aromatic rings. The lowest BCUT2D eigenvalue weighted by molar-refractivity contribution is -0.0262. The largest absolute Gasteiger partial charge is 0.374 e. The van der Waals surface area contributed by atoms with E-state index in [2.05, 4.69) is 35.1 Å². The minimum Gasteiger partial charge on any atom is -0.374 e. The first kappa shape index (κ1) is 13.5. The molecular weight excluding hydrogens is 226 g/mol. The average Bonchev–Trinajstić information content (AvgIpc) is 2.46. The third kappa shape index (κ3) is 3.77. The zero-order valence-electron chi connectivity index (χ0n) is 11.3. The number of nitrogens with one attached hydrogen (secondary N) is 1. The van der Waals surface area contributed by atoms with Crippen molar-refractivity contribution in [3.63, 3.8) is 0 Å². The van der Waals surface area contributed by atoms with Gasteiger partial charge in [-0.1, -0.05) is 13.0 Å². The van der Waals surface area contributed by atoms with Gasteiger partial charge in [0, 0.05) is 31.9 Å². The maximum absolute atomic E-state index is 5.77. The van der Waals surface area contributed by atoms with Gasteiger partial charge in [0.1, 0.15) is 0 Å². The first-order valence-corrected chi connectivity index (χ1v) is 6.78. The minimum atomic E-state index is 0.270. The fourth-order valence-corrected chi connectivity index (χ4v) is 2.24. The predicted molar refractivity (Wildman–Crippen MR) is 72.5 cm³/mol. The number of aromatic nitrogens is 1. The Morgan fingerprint density at radius 1 is 1.56 bits per heavy atom. The normalized spacial score (nSPS) is 22.9. The zero-order chi connectivity index (χ0) is 12.8. The SMILES string of the molecule is CCN1CCOC(CNC(C)c2ccccn2)C1. The number of likely N-dealkylation sites (N-methyl/N-ethyl adjacent to an activating group) is 1. The molecule has 0 bridgehead atoms. The summed E-state index contributed by atoms with van der Waals surface area (Å²) in [5.74, 6) is 0. The zero-order valence-corrected chi connectivity index (χ0v) is 11.3. The van der Waals surface area contributed by atoms with Crippen LogP contribution < -0.4 is 5.32 Å². The van der Waals surface area contributed by atoms with E-state index in [0.29, 0.717) is 6.10 Å². The summed E-state index contributed by atoms with van der Waals surface area (Å²) in [5.41, 5.74) is 1.08. The van der Waals surface area contributed by atoms with Crippen LogP contribution in [0.4, 0.5) is 0 Å². The topological polar surface area (TPSA) is 37.4 Å². The number of nitrogens with zero attached hydrogens (tertiary/aromatic N) is 2. The molecule has 2 rings (SSSR count). The molecule has 1 fully saturated rings. The van der Waals surface area contributed by atoms with E-state index in [1.54, 1.807) is 0 Å². The number of hydrogen-bond acceptors (Lipinski definition) is 4. The first-order chi connectivity index (χ1) is 8.79. The molecule has 1 N–H and O–H groups in total. The summed E-state index contributed by atoms with van der Waals surface area (Å²) in [6.45, 7) is 9.26. The van der Waals surface area contributed by atoms with Crippen molar-refractivity contribution >= 4 is 0 Å². The fraction of sp³-hybridized carbons (Fsp3) is 0.643. The Morgan fingerprint density at radius 3 is 3.17 bits per heavy atom. The summed E-state index contributed by atoms with van der Waals surface area (Å²) in [6.07, 6.45) is 2.13. The number of hydrogen-bond donors (Lipinski definition) is 1. The Kier molecular flexibility index (Phi) is 5.11. The molecule has 0 radical (unpaired) electrons. The van der Waals surface area contributed by atoms with E-state index < -0.39 is 0 Å². The molecule has 0 amide bonds. The van der Waals surface area contributed by atoms with E-state index in [9.17, 15) is 0 Å². The van der Waals surface area contributed by atoms with Crippen molar-refractivity contribution < 1.29 is 4.74 Å². The van der Waals surface area contributed by atoms with Crippen LogP contribution in [0.15, 0.2) is 24.4 Å². The lowest BCUT2D eigenvalue weighted by Gasteiger charge is -2.32. The van der Waals surface area contributed by atoms with Crippen molar-refractivity contribution in [1.29, 1.82) is 0 Å². The molecular formula is C14H23N3O. The van der Waals surface area contributed by atoms with Crippen molar-refractivity contribution in [2.24, 2.45) is 0 Å². The van der Waals surface area contributed by atoms with Crippen LogP contribution in [0.5, 0.6) is 0 Å². The Bertz CT molecular complexity index is 344. The third-order valence-corrected chi connectivity index (χ3v) is 3.45. The maximum Gasteiger partial charge on any atom is 0.0826 e. The molecule has 2 atom stereocenters. The molecule has 4 nitrogen and oxygen atoms in total. The van der Waals surface area contributed by atoms with Gasteiger partial charge >= 0.3 is 0 Å². The molecule has 0 spiro atoms. The van der Waals surface area contributed by atoms with Crippen LogP contribution in [-0.2, 0) is 4.74 Å². The van der Waals surface area contributed by atoms with Crippen LogP contribution in [0.2, 0.25) is 0 Å². The number of ether oxygens (including phenoxy) is 1. The quantitative estimate of drug-likeness (QED) is 0.857. The molecule has 2 unspecified atom stereocenters. The highest BCUT2D eigenvalue weighted by molar-refractivity contribution is 5.07. The van der Waals surface area contributed by atoms with E-state index in [4.69, 9.17) is 4.74 Å². The molecule has 18 heavy (non-hydrogen) atoms.